The van der Waals surface area contributed by atoms with E-state index >= 15 is 0 Å². The molecule has 3 aromatic rings. The highest BCUT2D eigenvalue weighted by molar-refractivity contribution is 7.92. The van der Waals surface area contributed by atoms with Crippen LogP contribution in [-0.4, -0.2) is 50.9 Å². The van der Waals surface area contributed by atoms with Crippen LogP contribution in [-0.2, 0) is 26.2 Å². The molecule has 11 heteroatoms. The van der Waals surface area contributed by atoms with Crippen LogP contribution in [0.15, 0.2) is 77.7 Å². The molecule has 1 unspecified atom stereocenters. The van der Waals surface area contributed by atoms with E-state index in [2.05, 4.69) is 5.32 Å². The topological polar surface area (TPSA) is 96.0 Å². The summed E-state index contributed by atoms with van der Waals surface area (Å²) in [5, 5.41) is 3.29. The maximum atomic E-state index is 14.1. The highest BCUT2D eigenvalue weighted by Gasteiger charge is 2.34. The maximum Gasteiger partial charge on any atom is 0.264 e. The first-order valence-corrected chi connectivity index (χ1v) is 15.6. The summed E-state index contributed by atoms with van der Waals surface area (Å²) in [7, 11) is -4.30. The molecule has 0 radical (unpaired) electrons. The molecule has 0 heterocycles. The Kier molecular flexibility index (Phi) is 11.8. The van der Waals surface area contributed by atoms with E-state index in [4.69, 9.17) is 16.3 Å². The second-order valence-electron chi connectivity index (χ2n) is 10.1. The van der Waals surface area contributed by atoms with E-state index in [1.807, 2.05) is 20.8 Å². The van der Waals surface area contributed by atoms with E-state index in [9.17, 15) is 22.4 Å². The van der Waals surface area contributed by atoms with Crippen LogP contribution >= 0.6 is 11.6 Å². The lowest BCUT2D eigenvalue weighted by Gasteiger charge is -2.33. The Labute approximate surface area is 252 Å². The van der Waals surface area contributed by atoms with E-state index < -0.39 is 34.3 Å². The first-order chi connectivity index (χ1) is 20.0. The molecule has 1 N–H and O–H groups in total. The van der Waals surface area contributed by atoms with Crippen molar-refractivity contribution < 1.29 is 27.1 Å². The van der Waals surface area contributed by atoms with Gasteiger partial charge in [0, 0.05) is 18.1 Å². The first-order valence-electron chi connectivity index (χ1n) is 13.8. The molecule has 42 heavy (non-hydrogen) atoms. The molecule has 226 valence electrons. The quantitative estimate of drug-likeness (QED) is 0.252. The highest BCUT2D eigenvalue weighted by Crippen LogP contribution is 2.27. The number of carbonyl (C=O) groups is 2. The van der Waals surface area contributed by atoms with E-state index in [0.29, 0.717) is 29.5 Å². The molecule has 2 amide bonds. The van der Waals surface area contributed by atoms with Crippen LogP contribution in [0.2, 0.25) is 5.02 Å². The zero-order valence-corrected chi connectivity index (χ0v) is 25.8. The molecule has 3 rings (SSSR count). The van der Waals surface area contributed by atoms with Gasteiger partial charge in [0.1, 0.15) is 24.2 Å². The van der Waals surface area contributed by atoms with Gasteiger partial charge in [0.15, 0.2) is 0 Å². The van der Waals surface area contributed by atoms with Crippen molar-refractivity contribution in [3.63, 3.8) is 0 Å². The lowest BCUT2D eigenvalue weighted by Crippen LogP contribution is -2.52. The van der Waals surface area contributed by atoms with Gasteiger partial charge in [-0.15, -0.1) is 0 Å². The predicted molar refractivity (Wildman–Crippen MR) is 162 cm³/mol. The Hall–Kier alpha value is -3.63. The molecule has 0 aliphatic rings. The van der Waals surface area contributed by atoms with Crippen LogP contribution in [0.3, 0.4) is 0 Å². The van der Waals surface area contributed by atoms with Crippen molar-refractivity contribution in [3.05, 3.63) is 89.2 Å². The minimum Gasteiger partial charge on any atom is -0.494 e. The zero-order valence-electron chi connectivity index (χ0n) is 24.2. The molecule has 0 spiro atoms. The van der Waals surface area contributed by atoms with E-state index in [0.717, 1.165) is 16.4 Å². The third-order valence-electron chi connectivity index (χ3n) is 6.49. The number of amides is 2. The monoisotopic (exact) mass is 617 g/mol. The molecule has 3 aromatic carbocycles. The number of nitrogens with one attached hydrogen (secondary N) is 1. The van der Waals surface area contributed by atoms with Crippen LogP contribution in [0.5, 0.6) is 5.75 Å². The van der Waals surface area contributed by atoms with Gasteiger partial charge in [0.25, 0.3) is 10.0 Å². The molecule has 0 saturated carbocycles. The van der Waals surface area contributed by atoms with E-state index in [1.165, 1.54) is 41.3 Å². The zero-order chi connectivity index (χ0) is 30.9. The number of hydrogen-bond donors (Lipinski definition) is 1. The Bertz CT molecular complexity index is 1450. The summed E-state index contributed by atoms with van der Waals surface area (Å²) < 4.78 is 48.0. The van der Waals surface area contributed by atoms with Crippen molar-refractivity contribution in [1.29, 1.82) is 0 Å². The van der Waals surface area contributed by atoms with E-state index in [-0.39, 0.29) is 35.4 Å². The van der Waals surface area contributed by atoms with Crippen molar-refractivity contribution >= 4 is 39.1 Å². The third-order valence-corrected chi connectivity index (χ3v) is 8.64. The molecular formula is C31H37ClFN3O5S. The van der Waals surface area contributed by atoms with Gasteiger partial charge in [0.2, 0.25) is 11.8 Å². The minimum absolute atomic E-state index is 0.0214. The third kappa shape index (κ3) is 8.45. The van der Waals surface area contributed by atoms with Crippen LogP contribution in [0.4, 0.5) is 10.1 Å². The summed E-state index contributed by atoms with van der Waals surface area (Å²) >= 11 is 6.42. The Morgan fingerprint density at radius 3 is 2.19 bits per heavy atom. The summed E-state index contributed by atoms with van der Waals surface area (Å²) in [6, 6.07) is 16.7. The van der Waals surface area contributed by atoms with Gasteiger partial charge in [-0.05, 0) is 79.4 Å². The largest absolute Gasteiger partial charge is 0.494 e. The van der Waals surface area contributed by atoms with Crippen molar-refractivity contribution in [1.82, 2.24) is 10.2 Å². The average Bonchev–Trinajstić information content (AvgIpc) is 2.96. The second-order valence-corrected chi connectivity index (χ2v) is 12.3. The lowest BCUT2D eigenvalue weighted by atomic mass is 10.1. The summed E-state index contributed by atoms with van der Waals surface area (Å²) in [6.07, 6.45) is 0.280. The number of hydrogen-bond acceptors (Lipinski definition) is 5. The number of anilines is 1. The average molecular weight is 618 g/mol. The molecule has 0 saturated heterocycles. The molecule has 0 aliphatic heterocycles. The number of nitrogens with zero attached hydrogens (tertiary/aromatic N) is 2. The smallest absolute Gasteiger partial charge is 0.264 e. The molecule has 0 fully saturated rings. The van der Waals surface area contributed by atoms with Crippen molar-refractivity contribution in [3.8, 4) is 5.75 Å². The standard InChI is InChI=1S/C31H37ClFN3O5S/c1-5-29(31(38)34-19-22(3)4)35(20-23-9-7-8-10-28(23)32)30(37)21-36(25-13-11-24(33)12-14-25)42(39,40)27-17-15-26(16-18-27)41-6-2/h7-18,22,29H,5-6,19-21H2,1-4H3,(H,34,38). The summed E-state index contributed by atoms with van der Waals surface area (Å²) in [4.78, 5) is 28.6. The van der Waals surface area contributed by atoms with Gasteiger partial charge in [-0.2, -0.15) is 0 Å². The van der Waals surface area contributed by atoms with Crippen LogP contribution < -0.4 is 14.4 Å². The van der Waals surface area contributed by atoms with Gasteiger partial charge in [-0.3, -0.25) is 13.9 Å². The fraction of sp³-hybridized carbons (Fsp3) is 0.355. The highest BCUT2D eigenvalue weighted by atomic mass is 35.5. The number of carbonyl (C=O) groups excluding carboxylic acids is 2. The van der Waals surface area contributed by atoms with Crippen LogP contribution in [0, 0.1) is 11.7 Å². The molecule has 1 atom stereocenters. The summed E-state index contributed by atoms with van der Waals surface area (Å²) in [6.45, 7) is 7.67. The summed E-state index contributed by atoms with van der Waals surface area (Å²) in [5.74, 6) is -0.858. The molecular weight excluding hydrogens is 581 g/mol. The Balaban J connectivity index is 2.04. The van der Waals surface area contributed by atoms with Crippen molar-refractivity contribution in [2.75, 3.05) is 24.0 Å². The van der Waals surface area contributed by atoms with Crippen molar-refractivity contribution in [2.45, 2.75) is 51.6 Å². The molecule has 0 aromatic heterocycles. The Morgan fingerprint density at radius 2 is 1.62 bits per heavy atom. The van der Waals surface area contributed by atoms with Gasteiger partial charge in [-0.1, -0.05) is 50.6 Å². The normalized spacial score (nSPS) is 12.1. The fourth-order valence-electron chi connectivity index (χ4n) is 4.29. The van der Waals surface area contributed by atoms with Crippen LogP contribution in [0.1, 0.15) is 39.7 Å². The number of rotatable bonds is 14. The first kappa shape index (κ1) is 32.9. The van der Waals surface area contributed by atoms with Gasteiger partial charge in [0.05, 0.1) is 17.2 Å². The fourth-order valence-corrected chi connectivity index (χ4v) is 5.90. The second kappa shape index (κ2) is 15.0. The van der Waals surface area contributed by atoms with Crippen molar-refractivity contribution in [2.24, 2.45) is 5.92 Å². The number of halogens is 2. The summed E-state index contributed by atoms with van der Waals surface area (Å²) in [5.41, 5.74) is 0.693. The van der Waals surface area contributed by atoms with Gasteiger partial charge < -0.3 is 15.0 Å². The minimum atomic E-state index is -4.30. The molecule has 0 aliphatic carbocycles. The van der Waals surface area contributed by atoms with Gasteiger partial charge >= 0.3 is 0 Å². The maximum absolute atomic E-state index is 14.1. The lowest BCUT2D eigenvalue weighted by molar-refractivity contribution is -0.140. The number of ether oxygens (including phenoxy) is 1. The number of benzene rings is 3. The van der Waals surface area contributed by atoms with E-state index in [1.54, 1.807) is 31.2 Å². The molecule has 0 bridgehead atoms. The number of sulfonamides is 1. The van der Waals surface area contributed by atoms with Gasteiger partial charge in [-0.25, -0.2) is 12.8 Å². The molecule has 8 nitrogen and oxygen atoms in total. The van der Waals surface area contributed by atoms with Crippen LogP contribution in [0.25, 0.3) is 0 Å². The SMILES string of the molecule is CCOc1ccc(S(=O)(=O)N(CC(=O)N(Cc2ccccc2Cl)C(CC)C(=O)NCC(C)C)c2ccc(F)cc2)cc1. The Morgan fingerprint density at radius 1 is 0.976 bits per heavy atom. The predicted octanol–water partition coefficient (Wildman–Crippen LogP) is 5.65.